The summed E-state index contributed by atoms with van der Waals surface area (Å²) in [5.41, 5.74) is 0.822. The van der Waals surface area contributed by atoms with Crippen molar-refractivity contribution in [1.29, 1.82) is 0 Å². The molecule has 0 spiro atoms. The van der Waals surface area contributed by atoms with E-state index >= 15 is 0 Å². The average Bonchev–Trinajstić information content (AvgIpc) is 2.62. The van der Waals surface area contributed by atoms with Gasteiger partial charge >= 0.3 is 0 Å². The first-order valence-corrected chi connectivity index (χ1v) is 7.32. The molecule has 0 fully saturated rings. The molecule has 6 heteroatoms. The quantitative estimate of drug-likeness (QED) is 0.756. The molecule has 4 nitrogen and oxygen atoms in total. The molecular formula is C11H16BrNO3S. The van der Waals surface area contributed by atoms with Gasteiger partial charge in [-0.15, -0.1) is 0 Å². The number of hydrogen-bond donors (Lipinski definition) is 2. The second-order valence-electron chi connectivity index (χ2n) is 3.51. The van der Waals surface area contributed by atoms with Crippen molar-refractivity contribution in [2.24, 2.45) is 0 Å². The molecule has 1 aromatic heterocycles. The van der Waals surface area contributed by atoms with Crippen LogP contribution in [0.4, 0.5) is 0 Å². The molecule has 0 aliphatic carbocycles. The molecule has 0 radical (unpaired) electrons. The summed E-state index contributed by atoms with van der Waals surface area (Å²) >= 11 is 4.90. The summed E-state index contributed by atoms with van der Waals surface area (Å²) in [6, 6.07) is 1.77. The van der Waals surface area contributed by atoms with Crippen molar-refractivity contribution in [3.63, 3.8) is 0 Å². The molecule has 1 aromatic rings. The highest BCUT2D eigenvalue weighted by Gasteiger charge is 2.13. The molecule has 0 bridgehead atoms. The molecule has 2 N–H and O–H groups in total. The Morgan fingerprint density at radius 3 is 2.94 bits per heavy atom. The number of nitrogens with one attached hydrogen (secondary N) is 1. The number of furan rings is 1. The maximum Gasteiger partial charge on any atom is 0.287 e. The zero-order chi connectivity index (χ0) is 12.7. The molecule has 0 saturated carbocycles. The van der Waals surface area contributed by atoms with Crippen LogP contribution in [0, 0.1) is 6.92 Å². The van der Waals surface area contributed by atoms with E-state index in [9.17, 15) is 4.79 Å². The Hall–Kier alpha value is -0.460. The van der Waals surface area contributed by atoms with Crippen molar-refractivity contribution in [3.05, 3.63) is 22.1 Å². The fourth-order valence-electron chi connectivity index (χ4n) is 1.25. The zero-order valence-corrected chi connectivity index (χ0v) is 12.1. The van der Waals surface area contributed by atoms with Gasteiger partial charge in [0.15, 0.2) is 10.4 Å². The number of carbonyl (C=O) groups excluding carboxylic acids is 1. The standard InChI is InChI=1S/C11H16BrNO3S/c1-8-7-9(12)16-10(8)11(15)13-3-6-17-5-2-4-14/h7,14H,2-6H2,1H3,(H,13,15). The minimum atomic E-state index is -0.184. The largest absolute Gasteiger partial charge is 0.444 e. The maximum absolute atomic E-state index is 11.7. The summed E-state index contributed by atoms with van der Waals surface area (Å²) in [5.74, 6) is 1.93. The number of rotatable bonds is 7. The third-order valence-electron chi connectivity index (χ3n) is 2.07. The third-order valence-corrected chi connectivity index (χ3v) is 3.53. The predicted molar refractivity (Wildman–Crippen MR) is 72.5 cm³/mol. The average molecular weight is 322 g/mol. The number of carbonyl (C=O) groups is 1. The Labute approximate surface area is 113 Å². The Bertz CT molecular complexity index is 368. The van der Waals surface area contributed by atoms with Gasteiger partial charge in [0.05, 0.1) is 0 Å². The summed E-state index contributed by atoms with van der Waals surface area (Å²) in [7, 11) is 0. The van der Waals surface area contributed by atoms with Crippen LogP contribution in [0.15, 0.2) is 15.2 Å². The highest BCUT2D eigenvalue weighted by Crippen LogP contribution is 2.19. The Balaban J connectivity index is 2.23. The van der Waals surface area contributed by atoms with Crippen LogP contribution >= 0.6 is 27.7 Å². The monoisotopic (exact) mass is 321 g/mol. The number of aliphatic hydroxyl groups is 1. The van der Waals surface area contributed by atoms with Gasteiger partial charge in [0, 0.05) is 24.5 Å². The van der Waals surface area contributed by atoms with Crippen LogP contribution in [-0.4, -0.2) is 35.7 Å². The summed E-state index contributed by atoms with van der Waals surface area (Å²) in [6.07, 6.45) is 0.794. The van der Waals surface area contributed by atoms with Gasteiger partial charge in [-0.3, -0.25) is 4.79 Å². The Morgan fingerprint density at radius 2 is 2.35 bits per heavy atom. The fraction of sp³-hybridized carbons (Fsp3) is 0.545. The molecule has 0 aliphatic rings. The van der Waals surface area contributed by atoms with Gasteiger partial charge < -0.3 is 14.8 Å². The normalized spacial score (nSPS) is 10.5. The van der Waals surface area contributed by atoms with Crippen molar-refractivity contribution in [2.75, 3.05) is 24.7 Å². The molecule has 0 unspecified atom stereocenters. The van der Waals surface area contributed by atoms with Gasteiger partial charge in [-0.1, -0.05) is 0 Å². The van der Waals surface area contributed by atoms with E-state index in [0.717, 1.165) is 23.5 Å². The highest BCUT2D eigenvalue weighted by molar-refractivity contribution is 9.10. The van der Waals surface area contributed by atoms with E-state index in [4.69, 9.17) is 9.52 Å². The van der Waals surface area contributed by atoms with Gasteiger partial charge in [0.25, 0.3) is 5.91 Å². The number of aryl methyl sites for hydroxylation is 1. The number of aliphatic hydroxyl groups excluding tert-OH is 1. The predicted octanol–water partition coefficient (Wildman–Crippen LogP) is 2.20. The lowest BCUT2D eigenvalue weighted by molar-refractivity contribution is 0.0926. The van der Waals surface area contributed by atoms with Gasteiger partial charge in [-0.05, 0) is 41.1 Å². The van der Waals surface area contributed by atoms with E-state index in [1.54, 1.807) is 17.8 Å². The van der Waals surface area contributed by atoms with Crippen LogP contribution in [0.3, 0.4) is 0 Å². The van der Waals surface area contributed by atoms with Gasteiger partial charge in [0.2, 0.25) is 0 Å². The van der Waals surface area contributed by atoms with Gasteiger partial charge in [-0.2, -0.15) is 11.8 Å². The van der Waals surface area contributed by atoms with Gasteiger partial charge in [-0.25, -0.2) is 0 Å². The SMILES string of the molecule is Cc1cc(Br)oc1C(=O)NCCSCCCO. The summed E-state index contributed by atoms with van der Waals surface area (Å²) in [4.78, 5) is 11.7. The van der Waals surface area contributed by atoms with E-state index in [1.807, 2.05) is 6.92 Å². The Kier molecular flexibility index (Phi) is 6.69. The number of thioether (sulfide) groups is 1. The van der Waals surface area contributed by atoms with Crippen molar-refractivity contribution < 1.29 is 14.3 Å². The number of amides is 1. The molecule has 17 heavy (non-hydrogen) atoms. The van der Waals surface area contributed by atoms with Crippen molar-refractivity contribution in [1.82, 2.24) is 5.32 Å². The molecule has 1 rings (SSSR count). The topological polar surface area (TPSA) is 62.5 Å². The number of hydrogen-bond acceptors (Lipinski definition) is 4. The number of halogens is 1. The second-order valence-corrected chi connectivity index (χ2v) is 5.51. The first kappa shape index (κ1) is 14.6. The minimum absolute atomic E-state index is 0.184. The first-order valence-electron chi connectivity index (χ1n) is 5.38. The third kappa shape index (κ3) is 5.14. The molecule has 0 aliphatic heterocycles. The molecule has 0 saturated heterocycles. The van der Waals surface area contributed by atoms with Crippen LogP contribution in [0.5, 0.6) is 0 Å². The lowest BCUT2D eigenvalue weighted by Crippen LogP contribution is -2.26. The van der Waals surface area contributed by atoms with Crippen molar-refractivity contribution in [3.8, 4) is 0 Å². The summed E-state index contributed by atoms with van der Waals surface area (Å²) in [6.45, 7) is 2.66. The van der Waals surface area contributed by atoms with Crippen LogP contribution < -0.4 is 5.32 Å². The second kappa shape index (κ2) is 7.79. The summed E-state index contributed by atoms with van der Waals surface area (Å²) in [5, 5.41) is 11.4. The van der Waals surface area contributed by atoms with Crippen LogP contribution in [0.1, 0.15) is 22.5 Å². The Morgan fingerprint density at radius 1 is 1.59 bits per heavy atom. The van der Waals surface area contributed by atoms with Crippen molar-refractivity contribution >= 4 is 33.6 Å². The van der Waals surface area contributed by atoms with Gasteiger partial charge in [0.1, 0.15) is 0 Å². The lowest BCUT2D eigenvalue weighted by atomic mass is 10.3. The summed E-state index contributed by atoms with van der Waals surface area (Å²) < 4.78 is 5.80. The van der Waals surface area contributed by atoms with Crippen LogP contribution in [0.25, 0.3) is 0 Å². The first-order chi connectivity index (χ1) is 8.15. The van der Waals surface area contributed by atoms with E-state index < -0.39 is 0 Å². The zero-order valence-electron chi connectivity index (χ0n) is 9.66. The van der Waals surface area contributed by atoms with Crippen LogP contribution in [0.2, 0.25) is 0 Å². The minimum Gasteiger partial charge on any atom is -0.444 e. The molecule has 96 valence electrons. The van der Waals surface area contributed by atoms with E-state index in [-0.39, 0.29) is 12.5 Å². The highest BCUT2D eigenvalue weighted by atomic mass is 79.9. The van der Waals surface area contributed by atoms with E-state index in [1.165, 1.54) is 0 Å². The maximum atomic E-state index is 11.7. The fourth-order valence-corrected chi connectivity index (χ4v) is 2.54. The molecule has 0 aromatic carbocycles. The molecule has 1 heterocycles. The van der Waals surface area contributed by atoms with Crippen LogP contribution in [-0.2, 0) is 0 Å². The van der Waals surface area contributed by atoms with E-state index in [2.05, 4.69) is 21.2 Å². The van der Waals surface area contributed by atoms with Crippen molar-refractivity contribution in [2.45, 2.75) is 13.3 Å². The molecule has 1 amide bonds. The lowest BCUT2D eigenvalue weighted by Gasteiger charge is -2.03. The smallest absolute Gasteiger partial charge is 0.287 e. The molecular weight excluding hydrogens is 306 g/mol. The van der Waals surface area contributed by atoms with E-state index in [0.29, 0.717) is 17.0 Å². The molecule has 0 atom stereocenters.